The number of ether oxygens (including phenoxy) is 3. The van der Waals surface area contributed by atoms with E-state index in [1.54, 1.807) is 37.3 Å². The maximum Gasteiger partial charge on any atom is 0.261 e. The summed E-state index contributed by atoms with van der Waals surface area (Å²) < 4.78 is 17.4. The number of nitrogens with zero attached hydrogens (tertiary/aromatic N) is 1. The first-order valence-electron chi connectivity index (χ1n) is 12.1. The number of carbonyl (C=O) groups excluding carboxylic acids is 2. The van der Waals surface area contributed by atoms with Crippen LogP contribution in [0, 0.1) is 0 Å². The van der Waals surface area contributed by atoms with Gasteiger partial charge in [-0.15, -0.1) is 0 Å². The molecule has 0 fully saturated rings. The molecular weight excluding hydrogens is 536 g/mol. The van der Waals surface area contributed by atoms with Crippen LogP contribution in [0.2, 0.25) is 0 Å². The molecule has 0 spiro atoms. The lowest BCUT2D eigenvalue weighted by molar-refractivity contribution is -0.142. The van der Waals surface area contributed by atoms with Crippen molar-refractivity contribution in [3.63, 3.8) is 0 Å². The van der Waals surface area contributed by atoms with Gasteiger partial charge in [0.25, 0.3) is 5.91 Å². The molecule has 0 bridgehead atoms. The molecule has 37 heavy (non-hydrogen) atoms. The first kappa shape index (κ1) is 28.1. The topological polar surface area (TPSA) is 77.1 Å². The molecule has 0 radical (unpaired) electrons. The summed E-state index contributed by atoms with van der Waals surface area (Å²) in [6, 6.07) is 21.8. The zero-order valence-corrected chi connectivity index (χ0v) is 23.0. The van der Waals surface area contributed by atoms with E-state index in [0.29, 0.717) is 30.2 Å². The van der Waals surface area contributed by atoms with Crippen molar-refractivity contribution in [2.45, 2.75) is 32.4 Å². The second-order valence-corrected chi connectivity index (χ2v) is 9.40. The van der Waals surface area contributed by atoms with Gasteiger partial charge in [0, 0.05) is 42.2 Å². The molecular formula is C29H33BrN2O5. The average Bonchev–Trinajstić information content (AvgIpc) is 2.92. The molecule has 0 aliphatic rings. The molecule has 0 unspecified atom stereocenters. The zero-order valence-electron chi connectivity index (χ0n) is 21.4. The Morgan fingerprint density at radius 3 is 2.16 bits per heavy atom. The van der Waals surface area contributed by atoms with Crippen molar-refractivity contribution in [2.24, 2.45) is 0 Å². The lowest BCUT2D eigenvalue weighted by Gasteiger charge is -2.31. The Hall–Kier alpha value is -3.52. The third kappa shape index (κ3) is 8.53. The fourth-order valence-electron chi connectivity index (χ4n) is 3.84. The van der Waals surface area contributed by atoms with Gasteiger partial charge < -0.3 is 24.4 Å². The Labute approximate surface area is 226 Å². The summed E-state index contributed by atoms with van der Waals surface area (Å²) in [6.45, 7) is 2.52. The summed E-state index contributed by atoms with van der Waals surface area (Å²) in [7, 11) is 3.10. The quantitative estimate of drug-likeness (QED) is 0.313. The van der Waals surface area contributed by atoms with Gasteiger partial charge in [-0.25, -0.2) is 0 Å². The smallest absolute Gasteiger partial charge is 0.261 e. The highest BCUT2D eigenvalue weighted by atomic mass is 79.9. The third-order valence-electron chi connectivity index (χ3n) is 5.75. The fraction of sp³-hybridized carbons (Fsp3) is 0.310. The summed E-state index contributed by atoms with van der Waals surface area (Å²) in [5.41, 5.74) is 1.86. The highest BCUT2D eigenvalue weighted by Gasteiger charge is 2.30. The monoisotopic (exact) mass is 568 g/mol. The van der Waals surface area contributed by atoms with Gasteiger partial charge in [-0.2, -0.15) is 0 Å². The minimum atomic E-state index is -0.719. The van der Waals surface area contributed by atoms with E-state index >= 15 is 0 Å². The Morgan fingerprint density at radius 2 is 1.54 bits per heavy atom. The number of rotatable bonds is 13. The molecule has 3 rings (SSSR count). The number of amides is 2. The van der Waals surface area contributed by atoms with Gasteiger partial charge >= 0.3 is 0 Å². The van der Waals surface area contributed by atoms with E-state index in [2.05, 4.69) is 21.2 Å². The average molecular weight is 569 g/mol. The van der Waals surface area contributed by atoms with Crippen LogP contribution in [0.4, 0.5) is 0 Å². The van der Waals surface area contributed by atoms with Crippen molar-refractivity contribution >= 4 is 27.7 Å². The van der Waals surface area contributed by atoms with Gasteiger partial charge in [0.05, 0.1) is 14.2 Å². The normalized spacial score (nSPS) is 11.4. The van der Waals surface area contributed by atoms with Gasteiger partial charge in [-0.3, -0.25) is 9.59 Å². The van der Waals surface area contributed by atoms with E-state index in [1.165, 1.54) is 0 Å². The number of nitrogens with one attached hydrogen (secondary N) is 1. The van der Waals surface area contributed by atoms with E-state index in [4.69, 9.17) is 14.2 Å². The number of methoxy groups -OCH3 is 2. The predicted octanol–water partition coefficient (Wildman–Crippen LogP) is 5.01. The number of hydrogen-bond donors (Lipinski definition) is 1. The number of halogens is 1. The van der Waals surface area contributed by atoms with Crippen LogP contribution in [-0.2, 0) is 22.6 Å². The summed E-state index contributed by atoms with van der Waals surface area (Å²) in [5.74, 6) is 1.02. The summed E-state index contributed by atoms with van der Waals surface area (Å²) >= 11 is 3.50. The summed E-state index contributed by atoms with van der Waals surface area (Å²) in [6.07, 6.45) is 1.17. The van der Waals surface area contributed by atoms with Crippen molar-refractivity contribution in [3.8, 4) is 17.2 Å². The first-order chi connectivity index (χ1) is 17.9. The van der Waals surface area contributed by atoms with E-state index in [0.717, 1.165) is 22.0 Å². The second kappa shape index (κ2) is 14.3. The standard InChI is InChI=1S/C29H33BrN2O5/c1-4-13-31-29(34)27(15-21-9-6-5-7-10-21)32(19-22-11-8-12-23(30)14-22)28(33)20-37-26-17-24(35-2)16-25(18-26)36-3/h5-12,14,16-18,27H,4,13,15,19-20H2,1-3H3,(H,31,34)/t27-/m0/s1. The molecule has 3 aromatic rings. The van der Waals surface area contributed by atoms with Crippen molar-refractivity contribution in [2.75, 3.05) is 27.4 Å². The maximum absolute atomic E-state index is 13.7. The zero-order chi connectivity index (χ0) is 26.6. The van der Waals surface area contributed by atoms with Crippen molar-refractivity contribution in [1.29, 1.82) is 0 Å². The van der Waals surface area contributed by atoms with Crippen LogP contribution in [0.1, 0.15) is 24.5 Å². The van der Waals surface area contributed by atoms with Crippen LogP contribution in [0.25, 0.3) is 0 Å². The van der Waals surface area contributed by atoms with E-state index < -0.39 is 6.04 Å². The van der Waals surface area contributed by atoms with Crippen LogP contribution in [0.3, 0.4) is 0 Å². The number of benzene rings is 3. The largest absolute Gasteiger partial charge is 0.496 e. The van der Waals surface area contributed by atoms with Gasteiger partial charge in [0.2, 0.25) is 5.91 Å². The number of hydrogen-bond acceptors (Lipinski definition) is 5. The van der Waals surface area contributed by atoms with E-state index in [1.807, 2.05) is 61.5 Å². The Balaban J connectivity index is 1.90. The first-order valence-corrected chi connectivity index (χ1v) is 12.9. The SMILES string of the molecule is CCCNC(=O)[C@H](Cc1ccccc1)N(Cc1cccc(Br)c1)C(=O)COc1cc(OC)cc(OC)c1. The molecule has 0 aliphatic carbocycles. The van der Waals surface area contributed by atoms with Crippen LogP contribution in [0.5, 0.6) is 17.2 Å². The highest BCUT2D eigenvalue weighted by Crippen LogP contribution is 2.27. The van der Waals surface area contributed by atoms with Crippen molar-refractivity contribution < 1.29 is 23.8 Å². The van der Waals surface area contributed by atoms with Gasteiger partial charge in [0.1, 0.15) is 23.3 Å². The predicted molar refractivity (Wildman–Crippen MR) is 147 cm³/mol. The molecule has 0 saturated carbocycles. The molecule has 1 N–H and O–H groups in total. The Morgan fingerprint density at radius 1 is 0.892 bits per heavy atom. The molecule has 0 aliphatic heterocycles. The lowest BCUT2D eigenvalue weighted by atomic mass is 10.0. The van der Waals surface area contributed by atoms with Crippen molar-refractivity contribution in [3.05, 3.63) is 88.4 Å². The van der Waals surface area contributed by atoms with E-state index in [-0.39, 0.29) is 25.0 Å². The van der Waals surface area contributed by atoms with E-state index in [9.17, 15) is 9.59 Å². The Bertz CT molecular complexity index is 1150. The number of carbonyl (C=O) groups is 2. The molecule has 2 amide bonds. The lowest BCUT2D eigenvalue weighted by Crippen LogP contribution is -2.51. The van der Waals surface area contributed by atoms with Crippen LogP contribution in [-0.4, -0.2) is 50.1 Å². The van der Waals surface area contributed by atoms with Crippen molar-refractivity contribution in [1.82, 2.24) is 10.2 Å². The second-order valence-electron chi connectivity index (χ2n) is 8.49. The molecule has 1 atom stereocenters. The molecule has 196 valence electrons. The van der Waals surface area contributed by atoms with Crippen LogP contribution in [0.15, 0.2) is 77.3 Å². The van der Waals surface area contributed by atoms with Gasteiger partial charge in [-0.1, -0.05) is 65.3 Å². The molecule has 3 aromatic carbocycles. The highest BCUT2D eigenvalue weighted by molar-refractivity contribution is 9.10. The minimum absolute atomic E-state index is 0.197. The summed E-state index contributed by atoms with van der Waals surface area (Å²) in [5, 5.41) is 2.97. The summed E-state index contributed by atoms with van der Waals surface area (Å²) in [4.78, 5) is 28.6. The maximum atomic E-state index is 13.7. The Kier molecular flexibility index (Phi) is 10.8. The molecule has 0 saturated heterocycles. The van der Waals surface area contributed by atoms with Gasteiger partial charge in [-0.05, 0) is 29.7 Å². The molecule has 0 aromatic heterocycles. The van der Waals surface area contributed by atoms with Crippen LogP contribution < -0.4 is 19.5 Å². The molecule has 0 heterocycles. The third-order valence-corrected chi connectivity index (χ3v) is 6.24. The van der Waals surface area contributed by atoms with Gasteiger partial charge in [0.15, 0.2) is 6.61 Å². The molecule has 8 heteroatoms. The minimum Gasteiger partial charge on any atom is -0.496 e. The van der Waals surface area contributed by atoms with Crippen LogP contribution >= 0.6 is 15.9 Å². The molecule has 7 nitrogen and oxygen atoms in total. The fourth-order valence-corrected chi connectivity index (χ4v) is 4.29.